The molecule has 0 spiro atoms. The van der Waals surface area contributed by atoms with Crippen molar-refractivity contribution in [3.8, 4) is 0 Å². The Morgan fingerprint density at radius 1 is 1.06 bits per heavy atom. The first-order valence-electron chi connectivity index (χ1n) is 6.84. The molecule has 2 aliphatic rings. The number of aliphatic hydroxyl groups is 2. The van der Waals surface area contributed by atoms with Gasteiger partial charge in [0, 0.05) is 0 Å². The van der Waals surface area contributed by atoms with E-state index in [0.29, 0.717) is 5.92 Å². The summed E-state index contributed by atoms with van der Waals surface area (Å²) in [6.45, 7) is 10.0. The largest absolute Gasteiger partial charge is 0.390 e. The normalized spacial score (nSPS) is 50.8. The fourth-order valence-corrected chi connectivity index (χ4v) is 3.95. The van der Waals surface area contributed by atoms with Gasteiger partial charge < -0.3 is 10.2 Å². The molecule has 2 fully saturated rings. The number of rotatable bonds is 1. The van der Waals surface area contributed by atoms with Gasteiger partial charge in [0.15, 0.2) is 0 Å². The average Bonchev–Trinajstić information content (AvgIpc) is 2.39. The molecule has 0 bridgehead atoms. The lowest BCUT2D eigenvalue weighted by molar-refractivity contribution is -0.0539. The molecule has 2 heteroatoms. The van der Waals surface area contributed by atoms with E-state index in [4.69, 9.17) is 0 Å². The van der Waals surface area contributed by atoms with Crippen LogP contribution in [0, 0.1) is 17.8 Å². The Hall–Kier alpha value is -0.340. The van der Waals surface area contributed by atoms with Crippen LogP contribution in [-0.2, 0) is 0 Å². The van der Waals surface area contributed by atoms with Gasteiger partial charge in [0.25, 0.3) is 0 Å². The highest BCUT2D eigenvalue weighted by atomic mass is 16.3. The van der Waals surface area contributed by atoms with Crippen LogP contribution in [0.25, 0.3) is 0 Å². The van der Waals surface area contributed by atoms with Crippen molar-refractivity contribution < 1.29 is 10.2 Å². The summed E-state index contributed by atoms with van der Waals surface area (Å²) in [4.78, 5) is 0. The standard InChI is InChI=1S/C15H26O2/c1-10(2)11-5-7-14(3,16)12-6-8-15(4,17)13(12)9-11/h11-13,16-17H,1,5-9H2,2-4H3/t11-,12+,13+,14+,15+/m1/s1. The SMILES string of the molecule is C=C(C)[C@@H]1CC[C@](C)(O)[C@H]2CC[C@](C)(O)[C@H]2C1. The second-order valence-electron chi connectivity index (χ2n) is 6.78. The van der Waals surface area contributed by atoms with E-state index < -0.39 is 11.2 Å². The van der Waals surface area contributed by atoms with Crippen molar-refractivity contribution in [3.63, 3.8) is 0 Å². The molecule has 2 nitrogen and oxygen atoms in total. The molecule has 5 atom stereocenters. The van der Waals surface area contributed by atoms with E-state index in [9.17, 15) is 10.2 Å². The van der Waals surface area contributed by atoms with Gasteiger partial charge in [-0.3, -0.25) is 0 Å². The zero-order chi connectivity index (χ0) is 12.8. The molecule has 2 saturated carbocycles. The molecule has 2 rings (SSSR count). The van der Waals surface area contributed by atoms with Crippen LogP contribution in [0.3, 0.4) is 0 Å². The third kappa shape index (κ3) is 2.30. The van der Waals surface area contributed by atoms with E-state index in [-0.39, 0.29) is 11.8 Å². The zero-order valence-corrected chi connectivity index (χ0v) is 11.4. The summed E-state index contributed by atoms with van der Waals surface area (Å²) in [6.07, 6.45) is 4.60. The van der Waals surface area contributed by atoms with Crippen LogP contribution in [0.5, 0.6) is 0 Å². The van der Waals surface area contributed by atoms with Crippen molar-refractivity contribution in [2.24, 2.45) is 17.8 Å². The van der Waals surface area contributed by atoms with Crippen molar-refractivity contribution in [1.29, 1.82) is 0 Å². The highest BCUT2D eigenvalue weighted by Crippen LogP contribution is 2.52. The van der Waals surface area contributed by atoms with Crippen LogP contribution < -0.4 is 0 Å². The summed E-state index contributed by atoms with van der Waals surface area (Å²) in [7, 11) is 0. The van der Waals surface area contributed by atoms with E-state index in [2.05, 4.69) is 13.5 Å². The zero-order valence-electron chi connectivity index (χ0n) is 11.4. The Morgan fingerprint density at radius 2 is 1.59 bits per heavy atom. The number of hydrogen-bond acceptors (Lipinski definition) is 2. The van der Waals surface area contributed by atoms with Gasteiger partial charge in [-0.1, -0.05) is 12.2 Å². The molecule has 2 aliphatic carbocycles. The van der Waals surface area contributed by atoms with Crippen LogP contribution in [0.4, 0.5) is 0 Å². The highest BCUT2D eigenvalue weighted by molar-refractivity contribution is 5.08. The van der Waals surface area contributed by atoms with Crippen molar-refractivity contribution in [2.75, 3.05) is 0 Å². The van der Waals surface area contributed by atoms with E-state index >= 15 is 0 Å². The Kier molecular flexibility index (Phi) is 3.16. The summed E-state index contributed by atoms with van der Waals surface area (Å²) in [5, 5.41) is 21.1. The molecule has 0 unspecified atom stereocenters. The van der Waals surface area contributed by atoms with Crippen LogP contribution in [0.2, 0.25) is 0 Å². The van der Waals surface area contributed by atoms with Crippen molar-refractivity contribution in [3.05, 3.63) is 12.2 Å². The van der Waals surface area contributed by atoms with Gasteiger partial charge in [0.2, 0.25) is 0 Å². The Bertz CT molecular complexity index is 317. The summed E-state index contributed by atoms with van der Waals surface area (Å²) in [5.74, 6) is 0.935. The fourth-order valence-electron chi connectivity index (χ4n) is 3.95. The molecule has 2 N–H and O–H groups in total. The van der Waals surface area contributed by atoms with Gasteiger partial charge >= 0.3 is 0 Å². The van der Waals surface area contributed by atoms with Crippen LogP contribution in [0.1, 0.15) is 52.9 Å². The third-order valence-corrected chi connectivity index (χ3v) is 5.28. The van der Waals surface area contributed by atoms with Crippen LogP contribution in [-0.4, -0.2) is 21.4 Å². The lowest BCUT2D eigenvalue weighted by Crippen LogP contribution is -2.40. The Labute approximate surface area is 105 Å². The van der Waals surface area contributed by atoms with E-state index in [1.807, 2.05) is 13.8 Å². The summed E-state index contributed by atoms with van der Waals surface area (Å²) >= 11 is 0. The van der Waals surface area contributed by atoms with E-state index in [1.54, 1.807) is 0 Å². The molecule has 0 aromatic heterocycles. The monoisotopic (exact) mass is 238 g/mol. The maximum atomic E-state index is 10.6. The molecule has 98 valence electrons. The lowest BCUT2D eigenvalue weighted by Gasteiger charge is -2.35. The fraction of sp³-hybridized carbons (Fsp3) is 0.867. The molecule has 0 aliphatic heterocycles. The number of allylic oxidation sites excluding steroid dienone is 1. The molecule has 17 heavy (non-hydrogen) atoms. The highest BCUT2D eigenvalue weighted by Gasteiger charge is 2.52. The summed E-state index contributed by atoms with van der Waals surface area (Å²) in [6, 6.07) is 0. The predicted molar refractivity (Wildman–Crippen MR) is 69.6 cm³/mol. The number of hydrogen-bond donors (Lipinski definition) is 2. The first kappa shape index (κ1) is 13.1. The third-order valence-electron chi connectivity index (χ3n) is 5.28. The minimum absolute atomic E-state index is 0.224. The second kappa shape index (κ2) is 4.10. The topological polar surface area (TPSA) is 40.5 Å². The summed E-state index contributed by atoms with van der Waals surface area (Å²) < 4.78 is 0. The quantitative estimate of drug-likeness (QED) is 0.690. The van der Waals surface area contributed by atoms with Gasteiger partial charge in [0.1, 0.15) is 0 Å². The molecule has 0 amide bonds. The molecule has 0 radical (unpaired) electrons. The van der Waals surface area contributed by atoms with Gasteiger partial charge in [-0.25, -0.2) is 0 Å². The molecule has 0 aromatic carbocycles. The predicted octanol–water partition coefficient (Wildman–Crippen LogP) is 2.89. The van der Waals surface area contributed by atoms with Crippen molar-refractivity contribution in [2.45, 2.75) is 64.1 Å². The van der Waals surface area contributed by atoms with Gasteiger partial charge in [-0.05, 0) is 70.6 Å². The smallest absolute Gasteiger partial charge is 0.0651 e. The van der Waals surface area contributed by atoms with Crippen LogP contribution >= 0.6 is 0 Å². The first-order chi connectivity index (χ1) is 7.74. The molecule has 0 heterocycles. The first-order valence-corrected chi connectivity index (χ1v) is 6.84. The minimum Gasteiger partial charge on any atom is -0.390 e. The van der Waals surface area contributed by atoms with Crippen LogP contribution in [0.15, 0.2) is 12.2 Å². The maximum absolute atomic E-state index is 10.6. The summed E-state index contributed by atoms with van der Waals surface area (Å²) in [5.41, 5.74) is -0.0219. The lowest BCUT2D eigenvalue weighted by atomic mass is 9.76. The molecular formula is C15H26O2. The maximum Gasteiger partial charge on any atom is 0.0651 e. The average molecular weight is 238 g/mol. The van der Waals surface area contributed by atoms with E-state index in [0.717, 1.165) is 32.1 Å². The molecule has 0 saturated heterocycles. The molecular weight excluding hydrogens is 212 g/mol. The van der Waals surface area contributed by atoms with E-state index in [1.165, 1.54) is 5.57 Å². The van der Waals surface area contributed by atoms with Gasteiger partial charge in [0.05, 0.1) is 11.2 Å². The van der Waals surface area contributed by atoms with Gasteiger partial charge in [-0.2, -0.15) is 0 Å². The molecule has 0 aromatic rings. The second-order valence-corrected chi connectivity index (χ2v) is 6.78. The van der Waals surface area contributed by atoms with Gasteiger partial charge in [-0.15, -0.1) is 0 Å². The Balaban J connectivity index is 2.28. The Morgan fingerprint density at radius 3 is 2.18 bits per heavy atom. The van der Waals surface area contributed by atoms with Crippen molar-refractivity contribution >= 4 is 0 Å². The minimum atomic E-state index is -0.616. The van der Waals surface area contributed by atoms with Crippen molar-refractivity contribution in [1.82, 2.24) is 0 Å². The number of fused-ring (bicyclic) bond motifs is 1.